The summed E-state index contributed by atoms with van der Waals surface area (Å²) in [6.07, 6.45) is 0.311. The van der Waals surface area contributed by atoms with Crippen molar-refractivity contribution in [1.29, 1.82) is 0 Å². The summed E-state index contributed by atoms with van der Waals surface area (Å²) in [5, 5.41) is 0. The van der Waals surface area contributed by atoms with Crippen molar-refractivity contribution in [3.05, 3.63) is 65.2 Å². The lowest BCUT2D eigenvalue weighted by molar-refractivity contribution is 0.0480. The summed E-state index contributed by atoms with van der Waals surface area (Å²) in [4.78, 5) is 15.8. The zero-order valence-corrected chi connectivity index (χ0v) is 29.3. The van der Waals surface area contributed by atoms with Crippen LogP contribution in [0.15, 0.2) is 58.3 Å². The maximum absolute atomic E-state index is 13.0. The first-order chi connectivity index (χ1) is 21.9. The zero-order chi connectivity index (χ0) is 35.3. The smallest absolute Gasteiger partial charge is 0.338 e. The number of benzene rings is 3. The van der Waals surface area contributed by atoms with E-state index in [1.54, 1.807) is 62.0 Å². The van der Waals surface area contributed by atoms with Crippen molar-refractivity contribution in [3.8, 4) is 17.2 Å². The number of likely N-dealkylation sites (N-methyl/N-ethyl adjacent to an activating group) is 2. The molecule has 0 aromatic heterocycles. The summed E-state index contributed by atoms with van der Waals surface area (Å²) < 4.78 is 90.7. The van der Waals surface area contributed by atoms with E-state index in [1.165, 1.54) is 45.6 Å². The van der Waals surface area contributed by atoms with Crippen molar-refractivity contribution in [2.24, 2.45) is 5.92 Å². The van der Waals surface area contributed by atoms with E-state index in [1.807, 2.05) is 6.92 Å². The second-order valence-corrected chi connectivity index (χ2v) is 14.0. The molecule has 2 atom stereocenters. The molecule has 15 heteroatoms. The van der Waals surface area contributed by atoms with Crippen LogP contribution in [0.3, 0.4) is 0 Å². The number of carbonyl (C=O) groups is 1. The molecule has 0 bridgehead atoms. The third-order valence-corrected chi connectivity index (χ3v) is 9.70. The number of hydrogen-bond donors (Lipinski definition) is 2. The molecular weight excluding hydrogens is 652 g/mol. The van der Waals surface area contributed by atoms with Crippen molar-refractivity contribution >= 4 is 37.6 Å². The van der Waals surface area contributed by atoms with E-state index in [2.05, 4.69) is 0 Å². The summed E-state index contributed by atoms with van der Waals surface area (Å²) >= 11 is 0. The lowest BCUT2D eigenvalue weighted by Crippen LogP contribution is -2.46. The van der Waals surface area contributed by atoms with Gasteiger partial charge in [0.25, 0.3) is 20.2 Å². The van der Waals surface area contributed by atoms with Crippen LogP contribution < -0.4 is 24.0 Å². The summed E-state index contributed by atoms with van der Waals surface area (Å²) in [6, 6.07) is 11.4. The Morgan fingerprint density at radius 3 is 1.74 bits per heavy atom. The highest BCUT2D eigenvalue weighted by atomic mass is 32.2. The number of esters is 1. The first kappa shape index (κ1) is 37.4. The van der Waals surface area contributed by atoms with Crippen molar-refractivity contribution < 1.29 is 49.7 Å². The van der Waals surface area contributed by atoms with Crippen LogP contribution in [0, 0.1) is 19.8 Å². The van der Waals surface area contributed by atoms with Gasteiger partial charge in [0.15, 0.2) is 11.5 Å². The van der Waals surface area contributed by atoms with E-state index in [9.17, 15) is 30.7 Å². The Hall–Kier alpha value is -4.05. The van der Waals surface area contributed by atoms with Gasteiger partial charge in [0, 0.05) is 26.7 Å². The fourth-order valence-corrected chi connectivity index (χ4v) is 6.75. The Morgan fingerprint density at radius 1 is 0.787 bits per heavy atom. The molecule has 0 heterocycles. The van der Waals surface area contributed by atoms with Gasteiger partial charge < -0.3 is 28.7 Å². The third kappa shape index (κ3) is 9.06. The second-order valence-electron chi connectivity index (χ2n) is 11.3. The van der Waals surface area contributed by atoms with Crippen molar-refractivity contribution in [2.75, 3.05) is 58.4 Å². The van der Waals surface area contributed by atoms with Gasteiger partial charge in [-0.1, -0.05) is 19.1 Å². The number of carbonyl (C=O) groups excluding carboxylic acids is 1. The predicted molar refractivity (Wildman–Crippen MR) is 178 cm³/mol. The molecule has 0 saturated heterocycles. The molecule has 0 saturated carbocycles. The lowest BCUT2D eigenvalue weighted by atomic mass is 9.95. The molecule has 3 rings (SSSR count). The van der Waals surface area contributed by atoms with Crippen LogP contribution in [0.4, 0.5) is 11.4 Å². The molecule has 258 valence electrons. The number of aryl methyl sites for hydroxylation is 2. The molecule has 0 fully saturated rings. The molecule has 47 heavy (non-hydrogen) atoms. The third-order valence-electron chi connectivity index (χ3n) is 7.90. The fourth-order valence-electron chi connectivity index (χ4n) is 5.32. The molecule has 13 nitrogen and oxygen atoms in total. The summed E-state index contributed by atoms with van der Waals surface area (Å²) in [5.74, 6) is -0.0520. The van der Waals surface area contributed by atoms with Crippen LogP contribution >= 0.6 is 0 Å². The van der Waals surface area contributed by atoms with Crippen LogP contribution in [-0.4, -0.2) is 86.5 Å². The molecular formula is C32H42N2O11S2. The van der Waals surface area contributed by atoms with Gasteiger partial charge in [0.05, 0.1) is 44.9 Å². The van der Waals surface area contributed by atoms with Gasteiger partial charge in [-0.05, 0) is 73.7 Å². The Bertz CT molecular complexity index is 1790. The topological polar surface area (TPSA) is 169 Å². The molecule has 0 amide bonds. The average molecular weight is 695 g/mol. The van der Waals surface area contributed by atoms with Crippen LogP contribution in [-0.2, 0) is 25.0 Å². The van der Waals surface area contributed by atoms with Gasteiger partial charge in [0.2, 0.25) is 5.75 Å². The Balaban J connectivity index is 1.96. The molecule has 0 aliphatic heterocycles. The molecule has 3 aromatic carbocycles. The van der Waals surface area contributed by atoms with Crippen LogP contribution in [0.25, 0.3) is 0 Å². The van der Waals surface area contributed by atoms with Gasteiger partial charge in [-0.15, -0.1) is 0 Å². The average Bonchev–Trinajstić information content (AvgIpc) is 3.00. The number of methoxy groups -OCH3 is 3. The highest BCUT2D eigenvalue weighted by Gasteiger charge is 2.30. The van der Waals surface area contributed by atoms with Gasteiger partial charge in [-0.2, -0.15) is 16.8 Å². The van der Waals surface area contributed by atoms with E-state index in [-0.39, 0.29) is 57.3 Å². The molecule has 0 spiro atoms. The normalized spacial score (nSPS) is 13.0. The Morgan fingerprint density at radius 2 is 1.28 bits per heavy atom. The van der Waals surface area contributed by atoms with Gasteiger partial charge in [0.1, 0.15) is 9.79 Å². The van der Waals surface area contributed by atoms with Crippen molar-refractivity contribution in [3.63, 3.8) is 0 Å². The molecule has 3 aromatic rings. The Kier molecular flexibility index (Phi) is 12.1. The number of ether oxygens (including phenoxy) is 4. The minimum atomic E-state index is -4.61. The SMILES string of the molecule is COc1cc(C(=O)OCCC(C)C(CN(C)c2cc(C)ccc2S(=O)(=O)O)N(C)c2cc(C)ccc2S(=O)(=O)O)cc(OC)c1OC. The Labute approximate surface area is 276 Å². The van der Waals surface area contributed by atoms with Crippen LogP contribution in [0.2, 0.25) is 0 Å². The van der Waals surface area contributed by atoms with Gasteiger partial charge >= 0.3 is 5.97 Å². The summed E-state index contributed by atoms with van der Waals surface area (Å²) in [5.41, 5.74) is 2.14. The molecule has 0 aliphatic rings. The van der Waals surface area contributed by atoms with E-state index >= 15 is 0 Å². The number of hydrogen-bond acceptors (Lipinski definition) is 11. The number of anilines is 2. The van der Waals surface area contributed by atoms with Gasteiger partial charge in [-0.3, -0.25) is 9.11 Å². The quantitative estimate of drug-likeness (QED) is 0.167. The van der Waals surface area contributed by atoms with E-state index in [4.69, 9.17) is 18.9 Å². The monoisotopic (exact) mass is 694 g/mol. The highest BCUT2D eigenvalue weighted by molar-refractivity contribution is 7.86. The fraction of sp³-hybridized carbons (Fsp3) is 0.406. The first-order valence-corrected chi connectivity index (χ1v) is 17.4. The summed E-state index contributed by atoms with van der Waals surface area (Å²) in [6.45, 7) is 5.56. The second kappa shape index (κ2) is 15.2. The van der Waals surface area contributed by atoms with Crippen LogP contribution in [0.1, 0.15) is 34.8 Å². The molecule has 0 radical (unpaired) electrons. The van der Waals surface area contributed by atoms with Crippen molar-refractivity contribution in [1.82, 2.24) is 0 Å². The number of rotatable bonds is 15. The maximum atomic E-state index is 13.0. The van der Waals surface area contributed by atoms with Crippen LogP contribution in [0.5, 0.6) is 17.2 Å². The first-order valence-electron chi connectivity index (χ1n) is 14.5. The molecule has 2 unspecified atom stereocenters. The minimum absolute atomic E-state index is 0.0234. The zero-order valence-electron chi connectivity index (χ0n) is 27.7. The lowest BCUT2D eigenvalue weighted by Gasteiger charge is -2.38. The predicted octanol–water partition coefficient (Wildman–Crippen LogP) is 4.65. The maximum Gasteiger partial charge on any atom is 0.338 e. The van der Waals surface area contributed by atoms with E-state index < -0.39 is 32.2 Å². The standard InChI is InChI=1S/C32H42N2O11S2/c1-20-9-11-29(46(36,37)38)24(15-20)33(4)19-26(34(5)25-16-21(2)10-12-30(25)47(39,40)41)22(3)13-14-45-32(35)23-17-27(42-6)31(44-8)28(18-23)43-7/h9-12,15-18,22,26H,13-14,19H2,1-8H3,(H,36,37,38)(H,39,40,41). The number of nitrogens with zero attached hydrogens (tertiary/aromatic N) is 2. The summed E-state index contributed by atoms with van der Waals surface area (Å²) in [7, 11) is -1.55. The molecule has 2 N–H and O–H groups in total. The largest absolute Gasteiger partial charge is 0.493 e. The van der Waals surface area contributed by atoms with E-state index in [0.29, 0.717) is 12.2 Å². The minimum Gasteiger partial charge on any atom is -0.493 e. The highest BCUT2D eigenvalue weighted by Crippen LogP contribution is 2.38. The molecule has 0 aliphatic carbocycles. The van der Waals surface area contributed by atoms with E-state index in [0.717, 1.165) is 11.1 Å². The van der Waals surface area contributed by atoms with Crippen molar-refractivity contribution in [2.45, 2.75) is 43.0 Å². The van der Waals surface area contributed by atoms with Gasteiger partial charge in [-0.25, -0.2) is 4.79 Å².